The van der Waals surface area contributed by atoms with E-state index in [2.05, 4.69) is 4.98 Å². The van der Waals surface area contributed by atoms with Crippen LogP contribution >= 0.6 is 11.3 Å². The molecule has 2 N–H and O–H groups in total. The summed E-state index contributed by atoms with van der Waals surface area (Å²) in [6.45, 7) is 1.57. The van der Waals surface area contributed by atoms with Crippen LogP contribution in [0.25, 0.3) is 21.5 Å². The third-order valence-corrected chi connectivity index (χ3v) is 3.75. The van der Waals surface area contributed by atoms with Gasteiger partial charge in [0.25, 0.3) is 5.56 Å². The van der Waals surface area contributed by atoms with Crippen LogP contribution in [0.2, 0.25) is 0 Å². The standard InChI is InChI=1S/C12H9N3O3S/c1-6-14-10(16)9-7(8-3-2-4-18-8)5-19-11(9)15(6)12(13)17/h2-5H,1H3,(H2,13,17). The number of rotatable bonds is 1. The smallest absolute Gasteiger partial charge is 0.325 e. The number of thiophene rings is 1. The highest BCUT2D eigenvalue weighted by atomic mass is 32.1. The first kappa shape index (κ1) is 11.7. The zero-order chi connectivity index (χ0) is 13.6. The first-order valence-corrected chi connectivity index (χ1v) is 6.32. The lowest BCUT2D eigenvalue weighted by Gasteiger charge is -2.05. The fourth-order valence-electron chi connectivity index (χ4n) is 1.99. The van der Waals surface area contributed by atoms with Gasteiger partial charge < -0.3 is 10.2 Å². The highest BCUT2D eigenvalue weighted by Gasteiger charge is 2.18. The third kappa shape index (κ3) is 1.66. The van der Waals surface area contributed by atoms with E-state index in [1.54, 1.807) is 24.4 Å². The number of amides is 1. The van der Waals surface area contributed by atoms with Gasteiger partial charge in [0.2, 0.25) is 0 Å². The summed E-state index contributed by atoms with van der Waals surface area (Å²) in [5.41, 5.74) is 5.56. The Balaban J connectivity index is 2.45. The minimum absolute atomic E-state index is 0.276. The van der Waals surface area contributed by atoms with Crippen molar-refractivity contribution in [2.75, 3.05) is 0 Å². The summed E-state index contributed by atoms with van der Waals surface area (Å²) in [6.07, 6.45) is 1.52. The van der Waals surface area contributed by atoms with Crippen molar-refractivity contribution in [3.63, 3.8) is 0 Å². The van der Waals surface area contributed by atoms with Crippen LogP contribution in [0.3, 0.4) is 0 Å². The average molecular weight is 275 g/mol. The van der Waals surface area contributed by atoms with Crippen LogP contribution < -0.4 is 11.3 Å². The van der Waals surface area contributed by atoms with Crippen LogP contribution in [0.4, 0.5) is 4.79 Å². The van der Waals surface area contributed by atoms with Gasteiger partial charge in [-0.2, -0.15) is 4.98 Å². The van der Waals surface area contributed by atoms with Crippen molar-refractivity contribution in [2.24, 2.45) is 5.73 Å². The van der Waals surface area contributed by atoms with E-state index >= 15 is 0 Å². The van der Waals surface area contributed by atoms with Crippen molar-refractivity contribution in [1.82, 2.24) is 9.55 Å². The van der Waals surface area contributed by atoms with E-state index in [0.29, 0.717) is 21.5 Å². The Morgan fingerprint density at radius 1 is 1.53 bits per heavy atom. The molecule has 3 heterocycles. The summed E-state index contributed by atoms with van der Waals surface area (Å²) in [5, 5.41) is 2.11. The predicted octanol–water partition coefficient (Wildman–Crippen LogP) is 1.95. The van der Waals surface area contributed by atoms with Crippen molar-refractivity contribution >= 4 is 27.6 Å². The quantitative estimate of drug-likeness (QED) is 0.734. The Morgan fingerprint density at radius 3 is 2.95 bits per heavy atom. The highest BCUT2D eigenvalue weighted by molar-refractivity contribution is 7.17. The number of carbonyl (C=O) groups excluding carboxylic acids is 1. The Bertz CT molecular complexity index is 830. The van der Waals surface area contributed by atoms with Gasteiger partial charge in [0, 0.05) is 10.9 Å². The number of aryl methyl sites for hydroxylation is 1. The van der Waals surface area contributed by atoms with Crippen molar-refractivity contribution in [3.8, 4) is 11.3 Å². The molecule has 0 aliphatic heterocycles. The molecule has 3 aromatic heterocycles. The number of nitrogens with two attached hydrogens (primary N) is 1. The van der Waals surface area contributed by atoms with Gasteiger partial charge in [-0.05, 0) is 19.1 Å². The number of primary amides is 1. The van der Waals surface area contributed by atoms with Crippen molar-refractivity contribution < 1.29 is 9.21 Å². The summed E-state index contributed by atoms with van der Waals surface area (Å²) >= 11 is 1.26. The molecule has 1 amide bonds. The average Bonchev–Trinajstić information content (AvgIpc) is 2.94. The number of fused-ring (bicyclic) bond motifs is 1. The molecule has 0 spiro atoms. The number of hydrogen-bond acceptors (Lipinski definition) is 5. The Labute approximate surface area is 111 Å². The van der Waals surface area contributed by atoms with Gasteiger partial charge in [0.1, 0.15) is 16.4 Å². The molecule has 0 saturated heterocycles. The summed E-state index contributed by atoms with van der Waals surface area (Å²) in [4.78, 5) is 27.8. The number of carbonyl (C=O) groups is 1. The van der Waals surface area contributed by atoms with Gasteiger partial charge in [-0.3, -0.25) is 4.79 Å². The summed E-state index contributed by atoms with van der Waals surface area (Å²) in [7, 11) is 0. The van der Waals surface area contributed by atoms with Crippen LogP contribution in [0.15, 0.2) is 33.0 Å². The van der Waals surface area contributed by atoms with Gasteiger partial charge >= 0.3 is 6.03 Å². The largest absolute Gasteiger partial charge is 0.464 e. The van der Waals surface area contributed by atoms with Crippen LogP contribution in [0, 0.1) is 6.92 Å². The van der Waals surface area contributed by atoms with Gasteiger partial charge in [-0.25, -0.2) is 9.36 Å². The van der Waals surface area contributed by atoms with Crippen molar-refractivity contribution in [1.29, 1.82) is 0 Å². The molecular formula is C12H9N3O3S. The monoisotopic (exact) mass is 275 g/mol. The topological polar surface area (TPSA) is 91.1 Å². The summed E-state index contributed by atoms with van der Waals surface area (Å²) < 4.78 is 6.52. The molecule has 0 aromatic carbocycles. The molecule has 0 radical (unpaired) electrons. The van der Waals surface area contributed by atoms with E-state index in [1.807, 2.05) is 0 Å². The fourth-order valence-corrected chi connectivity index (χ4v) is 3.10. The molecule has 0 aliphatic rings. The van der Waals surface area contributed by atoms with Crippen molar-refractivity contribution in [3.05, 3.63) is 40.0 Å². The predicted molar refractivity (Wildman–Crippen MR) is 71.3 cm³/mol. The van der Waals surface area contributed by atoms with Gasteiger partial charge in [0.15, 0.2) is 0 Å². The maximum atomic E-state index is 12.0. The second-order valence-corrected chi connectivity index (χ2v) is 4.80. The van der Waals surface area contributed by atoms with E-state index in [9.17, 15) is 9.59 Å². The molecular weight excluding hydrogens is 266 g/mol. The molecule has 0 unspecified atom stereocenters. The van der Waals surface area contributed by atoms with Crippen LogP contribution in [0.5, 0.6) is 0 Å². The number of aromatic nitrogens is 2. The summed E-state index contributed by atoms with van der Waals surface area (Å²) in [5.74, 6) is 0.836. The van der Waals surface area contributed by atoms with Crippen LogP contribution in [-0.2, 0) is 0 Å². The summed E-state index contributed by atoms with van der Waals surface area (Å²) in [6, 6.07) is 2.81. The van der Waals surface area contributed by atoms with Crippen molar-refractivity contribution in [2.45, 2.75) is 6.92 Å². The molecule has 3 aromatic rings. The molecule has 3 rings (SSSR count). The fraction of sp³-hybridized carbons (Fsp3) is 0.0833. The van der Waals surface area contributed by atoms with Gasteiger partial charge in [0.05, 0.1) is 11.6 Å². The van der Waals surface area contributed by atoms with Crippen LogP contribution in [0.1, 0.15) is 5.82 Å². The van der Waals surface area contributed by atoms with E-state index in [4.69, 9.17) is 10.2 Å². The molecule has 6 nitrogen and oxygen atoms in total. The maximum absolute atomic E-state index is 12.0. The minimum atomic E-state index is -0.664. The Hall–Kier alpha value is -2.41. The zero-order valence-electron chi connectivity index (χ0n) is 9.91. The molecule has 7 heteroatoms. The van der Waals surface area contributed by atoms with Crippen LogP contribution in [-0.4, -0.2) is 15.6 Å². The molecule has 0 saturated carbocycles. The second kappa shape index (κ2) is 4.06. The Morgan fingerprint density at radius 2 is 2.32 bits per heavy atom. The Kier molecular flexibility index (Phi) is 2.49. The lowest BCUT2D eigenvalue weighted by molar-refractivity contribution is 0.250. The van der Waals surface area contributed by atoms with E-state index < -0.39 is 11.6 Å². The molecule has 0 fully saturated rings. The molecule has 0 aliphatic carbocycles. The van der Waals surface area contributed by atoms with E-state index in [0.717, 1.165) is 0 Å². The number of nitrogens with zero attached hydrogens (tertiary/aromatic N) is 2. The zero-order valence-corrected chi connectivity index (χ0v) is 10.7. The van der Waals surface area contributed by atoms with Gasteiger partial charge in [-0.1, -0.05) is 0 Å². The third-order valence-electron chi connectivity index (χ3n) is 2.78. The van der Waals surface area contributed by atoms with Gasteiger partial charge in [-0.15, -0.1) is 11.3 Å². The molecule has 19 heavy (non-hydrogen) atoms. The number of furan rings is 1. The minimum Gasteiger partial charge on any atom is -0.464 e. The van der Waals surface area contributed by atoms with E-state index in [1.165, 1.54) is 22.2 Å². The first-order valence-electron chi connectivity index (χ1n) is 5.44. The lowest BCUT2D eigenvalue weighted by Crippen LogP contribution is -2.26. The normalized spacial score (nSPS) is 11.0. The molecule has 0 bridgehead atoms. The highest BCUT2D eigenvalue weighted by Crippen LogP contribution is 2.32. The second-order valence-electron chi connectivity index (χ2n) is 3.94. The first-order chi connectivity index (χ1) is 9.09. The number of hydrogen-bond donors (Lipinski definition) is 1. The van der Waals surface area contributed by atoms with E-state index in [-0.39, 0.29) is 5.82 Å². The maximum Gasteiger partial charge on any atom is 0.325 e. The molecule has 96 valence electrons. The SMILES string of the molecule is Cc1nc(=O)c2c(-c3ccco3)csc2n1C(N)=O. The lowest BCUT2D eigenvalue weighted by atomic mass is 10.2. The molecule has 0 atom stereocenters.